The Morgan fingerprint density at radius 3 is 2.68 bits per heavy atom. The number of imidazole rings is 1. The quantitative estimate of drug-likeness (QED) is 0.558. The maximum absolute atomic E-state index is 13.1. The lowest BCUT2D eigenvalue weighted by atomic mass is 10.2. The van der Waals surface area contributed by atoms with Gasteiger partial charge in [-0.2, -0.15) is 5.10 Å². The first-order valence-electron chi connectivity index (χ1n) is 7.76. The Morgan fingerprint density at radius 2 is 1.96 bits per heavy atom. The molecule has 128 valence electrons. The molecule has 0 unspecified atom stereocenters. The van der Waals surface area contributed by atoms with Gasteiger partial charge in [0.2, 0.25) is 0 Å². The molecule has 3 heterocycles. The van der Waals surface area contributed by atoms with E-state index in [1.165, 1.54) is 6.07 Å². The molecule has 1 aromatic carbocycles. The molecule has 25 heavy (non-hydrogen) atoms. The third-order valence-electron chi connectivity index (χ3n) is 4.04. The molecule has 0 radical (unpaired) electrons. The molecule has 1 N–H and O–H groups in total. The molecule has 0 spiro atoms. The first kappa shape index (κ1) is 16.0. The van der Waals surface area contributed by atoms with E-state index in [4.69, 9.17) is 11.6 Å². The predicted molar refractivity (Wildman–Crippen MR) is 92.6 cm³/mol. The summed E-state index contributed by atoms with van der Waals surface area (Å²) >= 11 is 6.34. The summed E-state index contributed by atoms with van der Waals surface area (Å²) in [5, 5.41) is 8.15. The fourth-order valence-corrected chi connectivity index (χ4v) is 3.14. The van der Waals surface area contributed by atoms with E-state index in [-0.39, 0.29) is 11.6 Å². The van der Waals surface area contributed by atoms with Gasteiger partial charge in [-0.3, -0.25) is 9.67 Å². The number of nitrogens with one attached hydrogen (secondary N) is 1. The van der Waals surface area contributed by atoms with E-state index >= 15 is 0 Å². The van der Waals surface area contributed by atoms with Crippen LogP contribution in [0.1, 0.15) is 37.7 Å². The fourth-order valence-electron chi connectivity index (χ4n) is 2.88. The Hall–Kier alpha value is -2.54. The zero-order valence-corrected chi connectivity index (χ0v) is 14.2. The summed E-state index contributed by atoms with van der Waals surface area (Å²) < 4.78 is 28.0. The first-order valence-corrected chi connectivity index (χ1v) is 8.14. The van der Waals surface area contributed by atoms with Crippen LogP contribution in [0.25, 0.3) is 27.8 Å². The van der Waals surface area contributed by atoms with Crippen LogP contribution >= 0.6 is 11.6 Å². The van der Waals surface area contributed by atoms with Gasteiger partial charge >= 0.3 is 0 Å². The lowest BCUT2D eigenvalue weighted by Crippen LogP contribution is -2.04. The number of fused-ring (bicyclic) bond motifs is 2. The molecule has 0 aliphatic carbocycles. The van der Waals surface area contributed by atoms with Crippen LogP contribution in [-0.2, 0) is 0 Å². The Bertz CT molecular complexity index is 1080. The second-order valence-corrected chi connectivity index (χ2v) is 6.51. The van der Waals surface area contributed by atoms with E-state index < -0.39 is 6.43 Å². The van der Waals surface area contributed by atoms with Crippen molar-refractivity contribution in [1.29, 1.82) is 0 Å². The fraction of sp³-hybridized carbons (Fsp3) is 0.235. The minimum atomic E-state index is -2.64. The molecule has 0 amide bonds. The normalized spacial score (nSPS) is 12.1. The Kier molecular flexibility index (Phi) is 3.68. The minimum Gasteiger partial charge on any atom is -0.280 e. The van der Waals surface area contributed by atoms with E-state index in [2.05, 4.69) is 20.2 Å². The van der Waals surface area contributed by atoms with Gasteiger partial charge in [-0.25, -0.2) is 18.7 Å². The van der Waals surface area contributed by atoms with Gasteiger partial charge in [0.25, 0.3) is 6.43 Å². The summed E-state index contributed by atoms with van der Waals surface area (Å²) in [4.78, 5) is 8.71. The van der Waals surface area contributed by atoms with Gasteiger partial charge in [-0.15, -0.1) is 0 Å². The summed E-state index contributed by atoms with van der Waals surface area (Å²) in [5.41, 5.74) is 2.11. The Balaban J connectivity index is 2.05. The lowest BCUT2D eigenvalue weighted by molar-refractivity contribution is 0.146. The molecule has 4 rings (SSSR count). The highest BCUT2D eigenvalue weighted by molar-refractivity contribution is 6.35. The highest BCUT2D eigenvalue weighted by Crippen LogP contribution is 2.31. The molecular formula is C17H14ClF2N5. The standard InChI is InChI=1S/C17H14ClF2N5/c1-8(2)16-23-13-4-3-12(15(19)20)22-17(13)25(16)10-5-9-7-21-24-14(9)11(18)6-10/h3-8,15H,1-2H3,(H,21,24). The highest BCUT2D eigenvalue weighted by Gasteiger charge is 2.20. The maximum atomic E-state index is 13.1. The summed E-state index contributed by atoms with van der Waals surface area (Å²) in [5.74, 6) is 0.802. The molecule has 0 aliphatic heterocycles. The van der Waals surface area contributed by atoms with Crippen molar-refractivity contribution in [2.45, 2.75) is 26.2 Å². The summed E-state index contributed by atoms with van der Waals surface area (Å²) in [6.07, 6.45) is -0.980. The number of H-pyrrole nitrogens is 1. The highest BCUT2D eigenvalue weighted by atomic mass is 35.5. The average Bonchev–Trinajstić information content (AvgIpc) is 3.18. The van der Waals surface area contributed by atoms with Crippen LogP contribution < -0.4 is 0 Å². The second kappa shape index (κ2) is 5.77. The maximum Gasteiger partial charge on any atom is 0.280 e. The van der Waals surface area contributed by atoms with Crippen molar-refractivity contribution >= 4 is 33.7 Å². The molecule has 0 bridgehead atoms. The van der Waals surface area contributed by atoms with Gasteiger partial charge in [-0.1, -0.05) is 25.4 Å². The number of rotatable bonds is 3. The Labute approximate surface area is 146 Å². The van der Waals surface area contributed by atoms with Gasteiger partial charge < -0.3 is 0 Å². The van der Waals surface area contributed by atoms with E-state index in [1.807, 2.05) is 19.9 Å². The second-order valence-electron chi connectivity index (χ2n) is 6.10. The lowest BCUT2D eigenvalue weighted by Gasteiger charge is -2.12. The van der Waals surface area contributed by atoms with Crippen LogP contribution in [0.2, 0.25) is 5.02 Å². The number of aromatic amines is 1. The molecular weight excluding hydrogens is 348 g/mol. The molecule has 0 atom stereocenters. The van der Waals surface area contributed by atoms with E-state index in [9.17, 15) is 8.78 Å². The number of hydrogen-bond donors (Lipinski definition) is 1. The number of nitrogens with zero attached hydrogens (tertiary/aromatic N) is 4. The van der Waals surface area contributed by atoms with Crippen LogP contribution in [0.15, 0.2) is 30.5 Å². The third kappa shape index (κ3) is 2.55. The Morgan fingerprint density at radius 1 is 1.16 bits per heavy atom. The van der Waals surface area contributed by atoms with Crippen molar-refractivity contribution in [3.05, 3.63) is 47.0 Å². The molecule has 0 saturated heterocycles. The van der Waals surface area contributed by atoms with Crippen molar-refractivity contribution in [3.8, 4) is 5.69 Å². The largest absolute Gasteiger partial charge is 0.280 e. The zero-order valence-electron chi connectivity index (χ0n) is 13.5. The van der Waals surface area contributed by atoms with Crippen LogP contribution in [-0.4, -0.2) is 24.7 Å². The monoisotopic (exact) mass is 361 g/mol. The number of alkyl halides is 2. The van der Waals surface area contributed by atoms with Crippen molar-refractivity contribution < 1.29 is 8.78 Å². The van der Waals surface area contributed by atoms with Crippen molar-refractivity contribution in [2.75, 3.05) is 0 Å². The molecule has 0 aliphatic rings. The van der Waals surface area contributed by atoms with E-state index in [0.717, 1.165) is 16.7 Å². The van der Waals surface area contributed by atoms with Crippen LogP contribution in [0.5, 0.6) is 0 Å². The molecule has 8 heteroatoms. The van der Waals surface area contributed by atoms with Gasteiger partial charge in [0.1, 0.15) is 17.0 Å². The summed E-state index contributed by atoms with van der Waals surface area (Å²) in [6, 6.07) is 6.52. The first-order chi connectivity index (χ1) is 12.0. The summed E-state index contributed by atoms with van der Waals surface area (Å²) in [7, 11) is 0. The third-order valence-corrected chi connectivity index (χ3v) is 4.33. The molecule has 5 nitrogen and oxygen atoms in total. The number of benzene rings is 1. The SMILES string of the molecule is CC(C)c1nc2ccc(C(F)F)nc2n1-c1cc(Cl)c2[nH]ncc2c1. The van der Waals surface area contributed by atoms with Crippen molar-refractivity contribution in [1.82, 2.24) is 24.7 Å². The van der Waals surface area contributed by atoms with Crippen LogP contribution in [0.3, 0.4) is 0 Å². The van der Waals surface area contributed by atoms with E-state index in [0.29, 0.717) is 21.9 Å². The number of pyridine rings is 1. The van der Waals surface area contributed by atoms with Crippen LogP contribution in [0.4, 0.5) is 8.78 Å². The van der Waals surface area contributed by atoms with Gasteiger partial charge in [-0.05, 0) is 24.3 Å². The number of aromatic nitrogens is 5. The van der Waals surface area contributed by atoms with Crippen molar-refractivity contribution in [2.24, 2.45) is 0 Å². The number of halogens is 3. The minimum absolute atomic E-state index is 0.0722. The molecule has 0 saturated carbocycles. The number of hydrogen-bond acceptors (Lipinski definition) is 3. The zero-order chi connectivity index (χ0) is 17.7. The predicted octanol–water partition coefficient (Wildman–Crippen LogP) is 5.01. The average molecular weight is 362 g/mol. The molecule has 0 fully saturated rings. The molecule has 4 aromatic rings. The smallest absolute Gasteiger partial charge is 0.280 e. The van der Waals surface area contributed by atoms with Gasteiger partial charge in [0.05, 0.1) is 22.4 Å². The topological polar surface area (TPSA) is 59.4 Å². The van der Waals surface area contributed by atoms with Crippen molar-refractivity contribution in [3.63, 3.8) is 0 Å². The van der Waals surface area contributed by atoms with Gasteiger partial charge in [0.15, 0.2) is 5.65 Å². The van der Waals surface area contributed by atoms with Gasteiger partial charge in [0, 0.05) is 11.3 Å². The summed E-state index contributed by atoms with van der Waals surface area (Å²) in [6.45, 7) is 3.98. The van der Waals surface area contributed by atoms with E-state index in [1.54, 1.807) is 22.9 Å². The molecule has 3 aromatic heterocycles. The van der Waals surface area contributed by atoms with Crippen LogP contribution in [0, 0.1) is 0 Å².